The number of pyridine rings is 1. The molecule has 138 valence electrons. The lowest BCUT2D eigenvalue weighted by Gasteiger charge is -2.06. The van der Waals surface area contributed by atoms with Gasteiger partial charge in [-0.1, -0.05) is 54.1 Å². The predicted octanol–water partition coefficient (Wildman–Crippen LogP) is 4.66. The Labute approximate surface area is 166 Å². The third-order valence-corrected chi connectivity index (χ3v) is 4.68. The van der Waals surface area contributed by atoms with E-state index < -0.39 is 5.91 Å². The molecule has 6 heteroatoms. The lowest BCUT2D eigenvalue weighted by Crippen LogP contribution is -2.14. The second kappa shape index (κ2) is 7.21. The summed E-state index contributed by atoms with van der Waals surface area (Å²) in [7, 11) is 0. The monoisotopic (exact) mass is 389 g/mol. The van der Waals surface area contributed by atoms with Crippen molar-refractivity contribution in [2.75, 3.05) is 11.1 Å². The van der Waals surface area contributed by atoms with Crippen LogP contribution in [-0.2, 0) is 0 Å². The normalized spacial score (nSPS) is 10.8. The quantitative estimate of drug-likeness (QED) is 0.498. The number of nitrogens with two attached hydrogens (primary N) is 1. The SMILES string of the molecule is Nc1c(C(=O)Nc2cccc(Cl)c2)c2ccccn2c1C(=O)c1ccccc1. The van der Waals surface area contributed by atoms with Crippen molar-refractivity contribution in [1.29, 1.82) is 0 Å². The number of nitrogens with zero attached hydrogens (tertiary/aromatic N) is 1. The van der Waals surface area contributed by atoms with E-state index in [1.165, 1.54) is 0 Å². The number of nitrogen functional groups attached to an aromatic ring is 1. The van der Waals surface area contributed by atoms with Gasteiger partial charge in [-0.3, -0.25) is 9.59 Å². The van der Waals surface area contributed by atoms with Crippen molar-refractivity contribution in [3.8, 4) is 0 Å². The fourth-order valence-electron chi connectivity index (χ4n) is 3.18. The van der Waals surface area contributed by atoms with E-state index in [-0.39, 0.29) is 22.7 Å². The molecule has 0 aliphatic carbocycles. The Morgan fingerprint density at radius 2 is 1.68 bits per heavy atom. The van der Waals surface area contributed by atoms with Crippen LogP contribution in [0.15, 0.2) is 79.0 Å². The van der Waals surface area contributed by atoms with Crippen LogP contribution in [0.1, 0.15) is 26.4 Å². The average Bonchev–Trinajstić information content (AvgIpc) is 3.00. The minimum absolute atomic E-state index is 0.139. The van der Waals surface area contributed by atoms with Crippen LogP contribution in [-0.4, -0.2) is 16.1 Å². The third-order valence-electron chi connectivity index (χ3n) is 4.44. The van der Waals surface area contributed by atoms with E-state index in [2.05, 4.69) is 5.32 Å². The van der Waals surface area contributed by atoms with Crippen molar-refractivity contribution in [3.05, 3.63) is 101 Å². The molecular weight excluding hydrogens is 374 g/mol. The van der Waals surface area contributed by atoms with Gasteiger partial charge in [0.05, 0.1) is 16.8 Å². The summed E-state index contributed by atoms with van der Waals surface area (Å²) in [5, 5.41) is 3.30. The largest absolute Gasteiger partial charge is 0.396 e. The van der Waals surface area contributed by atoms with Crippen LogP contribution in [0.25, 0.3) is 5.52 Å². The van der Waals surface area contributed by atoms with Gasteiger partial charge in [-0.25, -0.2) is 0 Å². The highest BCUT2D eigenvalue weighted by molar-refractivity contribution is 6.31. The first-order valence-corrected chi connectivity index (χ1v) is 8.99. The number of fused-ring (bicyclic) bond motifs is 1. The highest BCUT2D eigenvalue weighted by atomic mass is 35.5. The molecule has 0 saturated heterocycles. The van der Waals surface area contributed by atoms with Gasteiger partial charge in [0.2, 0.25) is 5.78 Å². The van der Waals surface area contributed by atoms with Crippen LogP contribution in [0, 0.1) is 0 Å². The van der Waals surface area contributed by atoms with Gasteiger partial charge in [0.15, 0.2) is 0 Å². The van der Waals surface area contributed by atoms with Gasteiger partial charge in [-0.05, 0) is 30.3 Å². The molecule has 5 nitrogen and oxygen atoms in total. The molecule has 0 aliphatic rings. The molecule has 0 spiro atoms. The van der Waals surface area contributed by atoms with E-state index in [0.29, 0.717) is 21.8 Å². The van der Waals surface area contributed by atoms with Gasteiger partial charge in [0.25, 0.3) is 5.91 Å². The first-order valence-electron chi connectivity index (χ1n) is 8.61. The fourth-order valence-corrected chi connectivity index (χ4v) is 3.37. The predicted molar refractivity (Wildman–Crippen MR) is 111 cm³/mol. The van der Waals surface area contributed by atoms with E-state index >= 15 is 0 Å². The topological polar surface area (TPSA) is 76.6 Å². The van der Waals surface area contributed by atoms with E-state index in [9.17, 15) is 9.59 Å². The number of anilines is 2. The van der Waals surface area contributed by atoms with Gasteiger partial charge in [-0.2, -0.15) is 0 Å². The number of hydrogen-bond acceptors (Lipinski definition) is 3. The lowest BCUT2D eigenvalue weighted by molar-refractivity contribution is 0.102. The molecule has 28 heavy (non-hydrogen) atoms. The third kappa shape index (κ3) is 3.12. The summed E-state index contributed by atoms with van der Waals surface area (Å²) >= 11 is 5.99. The van der Waals surface area contributed by atoms with Crippen LogP contribution in [0.3, 0.4) is 0 Å². The smallest absolute Gasteiger partial charge is 0.259 e. The van der Waals surface area contributed by atoms with Gasteiger partial charge >= 0.3 is 0 Å². The van der Waals surface area contributed by atoms with Crippen molar-refractivity contribution in [2.24, 2.45) is 0 Å². The highest BCUT2D eigenvalue weighted by Gasteiger charge is 2.26. The summed E-state index contributed by atoms with van der Waals surface area (Å²) in [6.07, 6.45) is 1.72. The summed E-state index contributed by atoms with van der Waals surface area (Å²) < 4.78 is 1.65. The average molecular weight is 390 g/mol. The summed E-state index contributed by atoms with van der Waals surface area (Å²) in [5.41, 5.74) is 8.56. The zero-order valence-electron chi connectivity index (χ0n) is 14.7. The molecule has 0 fully saturated rings. The Morgan fingerprint density at radius 1 is 0.929 bits per heavy atom. The molecule has 0 radical (unpaired) electrons. The minimum Gasteiger partial charge on any atom is -0.396 e. The zero-order chi connectivity index (χ0) is 19.7. The standard InChI is InChI=1S/C22H16ClN3O2/c23-15-9-6-10-16(13-15)25-22(28)18-17-11-4-5-12-26(17)20(19(18)24)21(27)14-7-2-1-3-8-14/h1-13H,24H2,(H,25,28). The van der Waals surface area contributed by atoms with Crippen molar-refractivity contribution in [2.45, 2.75) is 0 Å². The summed E-state index contributed by atoms with van der Waals surface area (Å²) in [6, 6.07) is 21.0. The van der Waals surface area contributed by atoms with Gasteiger partial charge in [0.1, 0.15) is 5.69 Å². The molecule has 0 unspecified atom stereocenters. The Kier molecular flexibility index (Phi) is 4.59. The molecule has 1 amide bonds. The zero-order valence-corrected chi connectivity index (χ0v) is 15.5. The van der Waals surface area contributed by atoms with Crippen LogP contribution < -0.4 is 11.1 Å². The van der Waals surface area contributed by atoms with Gasteiger partial charge in [0, 0.05) is 22.5 Å². The maximum atomic E-state index is 13.1. The maximum Gasteiger partial charge on any atom is 0.259 e. The molecule has 0 atom stereocenters. The molecule has 0 bridgehead atoms. The van der Waals surface area contributed by atoms with Crippen molar-refractivity contribution in [3.63, 3.8) is 0 Å². The number of nitrogens with one attached hydrogen (secondary N) is 1. The first kappa shape index (κ1) is 17.8. The summed E-state index contributed by atoms with van der Waals surface area (Å²) in [6.45, 7) is 0. The second-order valence-corrected chi connectivity index (χ2v) is 6.69. The van der Waals surface area contributed by atoms with E-state index in [1.807, 2.05) is 6.07 Å². The highest BCUT2D eigenvalue weighted by Crippen LogP contribution is 2.29. The molecule has 4 rings (SSSR count). The minimum atomic E-state index is -0.407. The number of aromatic nitrogens is 1. The number of hydrogen-bond donors (Lipinski definition) is 2. The molecule has 4 aromatic rings. The number of rotatable bonds is 4. The first-order chi connectivity index (χ1) is 13.6. The number of amides is 1. The number of carbonyl (C=O) groups excluding carboxylic acids is 2. The maximum absolute atomic E-state index is 13.1. The van der Waals surface area contributed by atoms with Crippen molar-refractivity contribution < 1.29 is 9.59 Å². The van der Waals surface area contributed by atoms with E-state index in [1.54, 1.807) is 77.3 Å². The van der Waals surface area contributed by atoms with E-state index in [0.717, 1.165) is 0 Å². The Bertz CT molecular complexity index is 1200. The number of ketones is 1. The molecule has 0 saturated carbocycles. The molecule has 2 heterocycles. The second-order valence-electron chi connectivity index (χ2n) is 6.25. The van der Waals surface area contributed by atoms with Crippen molar-refractivity contribution >= 4 is 40.2 Å². The van der Waals surface area contributed by atoms with Crippen LogP contribution in [0.2, 0.25) is 5.02 Å². The molecular formula is C22H16ClN3O2. The van der Waals surface area contributed by atoms with Crippen LogP contribution in [0.5, 0.6) is 0 Å². The molecule has 0 aliphatic heterocycles. The number of halogens is 1. The van der Waals surface area contributed by atoms with Gasteiger partial charge < -0.3 is 15.5 Å². The number of carbonyl (C=O) groups is 2. The fraction of sp³-hybridized carbons (Fsp3) is 0. The molecule has 2 aromatic carbocycles. The Hall–Kier alpha value is -3.57. The van der Waals surface area contributed by atoms with Gasteiger partial charge in [-0.15, -0.1) is 0 Å². The van der Waals surface area contributed by atoms with Crippen LogP contribution >= 0.6 is 11.6 Å². The van der Waals surface area contributed by atoms with Crippen molar-refractivity contribution in [1.82, 2.24) is 4.40 Å². The number of benzene rings is 2. The Balaban J connectivity index is 1.83. The lowest BCUT2D eigenvalue weighted by atomic mass is 10.1. The molecule has 3 N–H and O–H groups in total. The summed E-state index contributed by atoms with van der Waals surface area (Å²) in [5.74, 6) is -0.656. The molecule has 2 aromatic heterocycles. The van der Waals surface area contributed by atoms with E-state index in [4.69, 9.17) is 17.3 Å². The Morgan fingerprint density at radius 3 is 2.43 bits per heavy atom. The van der Waals surface area contributed by atoms with Crippen LogP contribution in [0.4, 0.5) is 11.4 Å². The summed E-state index contributed by atoms with van der Waals surface area (Å²) in [4.78, 5) is 26.0.